The monoisotopic (exact) mass is 212 g/mol. The van der Waals surface area contributed by atoms with E-state index in [9.17, 15) is 4.79 Å². The molecular formula is C12H24N2O. The van der Waals surface area contributed by atoms with Crippen molar-refractivity contribution >= 4 is 5.91 Å². The maximum absolute atomic E-state index is 11.9. The van der Waals surface area contributed by atoms with E-state index in [1.807, 2.05) is 4.90 Å². The SMILES string of the molecule is CCCN(CC)C(=O)CC1CCCCN1. The van der Waals surface area contributed by atoms with Crippen LogP contribution in [0, 0.1) is 0 Å². The number of carbonyl (C=O) groups excluding carboxylic acids is 1. The molecule has 3 heteroatoms. The molecule has 1 fully saturated rings. The van der Waals surface area contributed by atoms with Crippen molar-refractivity contribution in [2.75, 3.05) is 19.6 Å². The van der Waals surface area contributed by atoms with E-state index in [2.05, 4.69) is 19.2 Å². The van der Waals surface area contributed by atoms with Gasteiger partial charge in [0, 0.05) is 25.6 Å². The zero-order chi connectivity index (χ0) is 11.1. The Labute approximate surface area is 93.2 Å². The van der Waals surface area contributed by atoms with Gasteiger partial charge < -0.3 is 10.2 Å². The van der Waals surface area contributed by atoms with Crippen LogP contribution in [-0.4, -0.2) is 36.5 Å². The molecule has 88 valence electrons. The Hall–Kier alpha value is -0.570. The van der Waals surface area contributed by atoms with E-state index in [1.165, 1.54) is 12.8 Å². The molecule has 1 aliphatic heterocycles. The summed E-state index contributed by atoms with van der Waals surface area (Å²) < 4.78 is 0. The number of nitrogens with zero attached hydrogens (tertiary/aromatic N) is 1. The maximum atomic E-state index is 11.9. The van der Waals surface area contributed by atoms with Gasteiger partial charge in [-0.15, -0.1) is 0 Å². The summed E-state index contributed by atoms with van der Waals surface area (Å²) in [5, 5.41) is 3.42. The molecule has 1 rings (SSSR count). The molecule has 1 saturated heterocycles. The van der Waals surface area contributed by atoms with E-state index >= 15 is 0 Å². The summed E-state index contributed by atoms with van der Waals surface area (Å²) in [6.07, 6.45) is 5.43. The molecule has 15 heavy (non-hydrogen) atoms. The van der Waals surface area contributed by atoms with Crippen molar-refractivity contribution in [3.63, 3.8) is 0 Å². The van der Waals surface area contributed by atoms with Gasteiger partial charge in [-0.3, -0.25) is 4.79 Å². The number of piperidine rings is 1. The molecule has 1 aliphatic rings. The van der Waals surface area contributed by atoms with E-state index in [0.717, 1.165) is 32.5 Å². The molecule has 1 heterocycles. The van der Waals surface area contributed by atoms with Crippen LogP contribution in [0.5, 0.6) is 0 Å². The van der Waals surface area contributed by atoms with Crippen LogP contribution < -0.4 is 5.32 Å². The number of nitrogens with one attached hydrogen (secondary N) is 1. The summed E-state index contributed by atoms with van der Waals surface area (Å²) in [6.45, 7) is 7.01. The third kappa shape index (κ3) is 4.20. The topological polar surface area (TPSA) is 32.3 Å². The van der Waals surface area contributed by atoms with Gasteiger partial charge >= 0.3 is 0 Å². The molecule has 0 radical (unpaired) electrons. The molecule has 1 N–H and O–H groups in total. The molecule has 0 aliphatic carbocycles. The minimum Gasteiger partial charge on any atom is -0.343 e. The van der Waals surface area contributed by atoms with Gasteiger partial charge in [-0.1, -0.05) is 13.3 Å². The molecule has 3 nitrogen and oxygen atoms in total. The van der Waals surface area contributed by atoms with Crippen LogP contribution in [0.1, 0.15) is 46.0 Å². The largest absolute Gasteiger partial charge is 0.343 e. The van der Waals surface area contributed by atoms with Crippen LogP contribution in [0.25, 0.3) is 0 Å². The Bertz CT molecular complexity index is 188. The van der Waals surface area contributed by atoms with Gasteiger partial charge in [0.1, 0.15) is 0 Å². The molecule has 0 aromatic carbocycles. The highest BCUT2D eigenvalue weighted by atomic mass is 16.2. The Morgan fingerprint density at radius 3 is 2.73 bits per heavy atom. The second kappa shape index (κ2) is 6.83. The predicted octanol–water partition coefficient (Wildman–Crippen LogP) is 1.78. The summed E-state index contributed by atoms with van der Waals surface area (Å²) in [5.41, 5.74) is 0. The first-order valence-electron chi connectivity index (χ1n) is 6.29. The molecule has 0 bridgehead atoms. The fourth-order valence-electron chi connectivity index (χ4n) is 2.17. The van der Waals surface area contributed by atoms with E-state index in [4.69, 9.17) is 0 Å². The highest BCUT2D eigenvalue weighted by Gasteiger charge is 2.19. The number of hydrogen-bond acceptors (Lipinski definition) is 2. The van der Waals surface area contributed by atoms with E-state index in [-0.39, 0.29) is 0 Å². The van der Waals surface area contributed by atoms with Gasteiger partial charge in [0.2, 0.25) is 5.91 Å². The maximum Gasteiger partial charge on any atom is 0.224 e. The normalized spacial score (nSPS) is 21.3. The fraction of sp³-hybridized carbons (Fsp3) is 0.917. The summed E-state index contributed by atoms with van der Waals surface area (Å²) in [5.74, 6) is 0.318. The average Bonchev–Trinajstić information content (AvgIpc) is 2.27. The van der Waals surface area contributed by atoms with Crippen LogP contribution in [-0.2, 0) is 4.79 Å². The highest BCUT2D eigenvalue weighted by Crippen LogP contribution is 2.11. The lowest BCUT2D eigenvalue weighted by molar-refractivity contribution is -0.131. The number of carbonyl (C=O) groups is 1. The zero-order valence-corrected chi connectivity index (χ0v) is 10.1. The van der Waals surface area contributed by atoms with Gasteiger partial charge in [0.25, 0.3) is 0 Å². The van der Waals surface area contributed by atoms with Crippen LogP contribution >= 0.6 is 0 Å². The Kier molecular flexibility index (Phi) is 5.69. The summed E-state index contributed by atoms with van der Waals surface area (Å²) in [6, 6.07) is 0.428. The zero-order valence-electron chi connectivity index (χ0n) is 10.1. The van der Waals surface area contributed by atoms with Crippen LogP contribution in [0.15, 0.2) is 0 Å². The van der Waals surface area contributed by atoms with Crippen molar-refractivity contribution in [2.45, 2.75) is 52.0 Å². The summed E-state index contributed by atoms with van der Waals surface area (Å²) in [7, 11) is 0. The first-order chi connectivity index (χ1) is 7.27. The smallest absolute Gasteiger partial charge is 0.224 e. The van der Waals surface area contributed by atoms with Crippen molar-refractivity contribution in [3.8, 4) is 0 Å². The Balaban J connectivity index is 2.31. The Morgan fingerprint density at radius 1 is 1.40 bits per heavy atom. The van der Waals surface area contributed by atoms with Crippen LogP contribution in [0.2, 0.25) is 0 Å². The molecule has 0 aromatic heterocycles. The van der Waals surface area contributed by atoms with Gasteiger partial charge in [0.05, 0.1) is 0 Å². The lowest BCUT2D eigenvalue weighted by Crippen LogP contribution is -2.40. The molecule has 0 saturated carbocycles. The number of amides is 1. The van der Waals surface area contributed by atoms with E-state index in [1.54, 1.807) is 0 Å². The third-order valence-electron chi connectivity index (χ3n) is 3.06. The average molecular weight is 212 g/mol. The molecule has 0 spiro atoms. The third-order valence-corrected chi connectivity index (χ3v) is 3.06. The van der Waals surface area contributed by atoms with Crippen LogP contribution in [0.4, 0.5) is 0 Å². The van der Waals surface area contributed by atoms with Crippen molar-refractivity contribution in [3.05, 3.63) is 0 Å². The first-order valence-corrected chi connectivity index (χ1v) is 6.29. The van der Waals surface area contributed by atoms with E-state index in [0.29, 0.717) is 18.4 Å². The summed E-state index contributed by atoms with van der Waals surface area (Å²) in [4.78, 5) is 13.9. The van der Waals surface area contributed by atoms with Gasteiger partial charge in [-0.25, -0.2) is 0 Å². The second-order valence-electron chi connectivity index (χ2n) is 4.32. The lowest BCUT2D eigenvalue weighted by Gasteiger charge is -2.26. The molecule has 1 amide bonds. The van der Waals surface area contributed by atoms with Gasteiger partial charge in [-0.05, 0) is 32.7 Å². The van der Waals surface area contributed by atoms with E-state index < -0.39 is 0 Å². The number of rotatable bonds is 5. The molecule has 1 unspecified atom stereocenters. The van der Waals surface area contributed by atoms with Crippen molar-refractivity contribution in [1.29, 1.82) is 0 Å². The van der Waals surface area contributed by atoms with Gasteiger partial charge in [-0.2, -0.15) is 0 Å². The minimum absolute atomic E-state index is 0.318. The fourth-order valence-corrected chi connectivity index (χ4v) is 2.17. The standard InChI is InChI=1S/C12H24N2O/c1-3-9-14(4-2)12(15)10-11-7-5-6-8-13-11/h11,13H,3-10H2,1-2H3. The second-order valence-corrected chi connectivity index (χ2v) is 4.32. The highest BCUT2D eigenvalue weighted by molar-refractivity contribution is 5.76. The molecule has 0 aromatic rings. The van der Waals surface area contributed by atoms with Crippen LogP contribution in [0.3, 0.4) is 0 Å². The number of hydrogen-bond donors (Lipinski definition) is 1. The lowest BCUT2D eigenvalue weighted by atomic mass is 10.0. The van der Waals surface area contributed by atoms with Crippen molar-refractivity contribution in [1.82, 2.24) is 10.2 Å². The Morgan fingerprint density at radius 2 is 2.20 bits per heavy atom. The summed E-state index contributed by atoms with van der Waals surface area (Å²) >= 11 is 0. The molecular weight excluding hydrogens is 188 g/mol. The van der Waals surface area contributed by atoms with Crippen molar-refractivity contribution in [2.24, 2.45) is 0 Å². The predicted molar refractivity (Wildman–Crippen MR) is 62.8 cm³/mol. The van der Waals surface area contributed by atoms with Gasteiger partial charge in [0.15, 0.2) is 0 Å². The minimum atomic E-state index is 0.318. The van der Waals surface area contributed by atoms with Crippen molar-refractivity contribution < 1.29 is 4.79 Å². The quantitative estimate of drug-likeness (QED) is 0.753. The first kappa shape index (κ1) is 12.5. The molecule has 1 atom stereocenters.